The van der Waals surface area contributed by atoms with Gasteiger partial charge in [0.1, 0.15) is 0 Å². The zero-order chi connectivity index (χ0) is 19.3. The van der Waals surface area contributed by atoms with Crippen molar-refractivity contribution >= 4 is 51.0 Å². The van der Waals surface area contributed by atoms with Crippen molar-refractivity contribution in [2.24, 2.45) is 5.41 Å². The Labute approximate surface area is 190 Å². The lowest BCUT2D eigenvalue weighted by Gasteiger charge is -2.28. The first-order valence-corrected chi connectivity index (χ1v) is 12.7. The summed E-state index contributed by atoms with van der Waals surface area (Å²) in [6.45, 7) is 5.02. The molecule has 1 heterocycles. The van der Waals surface area contributed by atoms with Crippen molar-refractivity contribution in [3.8, 4) is 0 Å². The highest BCUT2D eigenvalue weighted by molar-refractivity contribution is 14.1. The molecule has 2 nitrogen and oxygen atoms in total. The van der Waals surface area contributed by atoms with Crippen LogP contribution in [0.25, 0.3) is 0 Å². The lowest BCUT2D eigenvalue weighted by Crippen LogP contribution is -2.35. The van der Waals surface area contributed by atoms with E-state index in [0.717, 1.165) is 53.3 Å². The lowest BCUT2D eigenvalue weighted by molar-refractivity contribution is 0.0780. The number of nitrogens with zero attached hydrogens (tertiary/aromatic N) is 1. The highest BCUT2D eigenvalue weighted by atomic mass is 127. The van der Waals surface area contributed by atoms with Gasteiger partial charge in [-0.25, -0.2) is 0 Å². The van der Waals surface area contributed by atoms with Gasteiger partial charge in [0, 0.05) is 32.9 Å². The molecular weight excluding hydrogens is 560 g/mol. The van der Waals surface area contributed by atoms with Crippen LogP contribution in [0, 0.1) is 5.41 Å². The molecule has 0 aromatic heterocycles. The summed E-state index contributed by atoms with van der Waals surface area (Å²) in [5.74, 6) is 0.353. The van der Waals surface area contributed by atoms with E-state index in [2.05, 4.69) is 106 Å². The van der Waals surface area contributed by atoms with Crippen LogP contribution in [0.15, 0.2) is 48.5 Å². The number of Topliss-reactive ketones (excluding diaryl/α,β-unsaturated/α-hetero) is 1. The molecule has 1 saturated heterocycles. The molecule has 2 aromatic rings. The summed E-state index contributed by atoms with van der Waals surface area (Å²) in [6, 6.07) is 17.0. The smallest absolute Gasteiger partial charge is 0.170 e. The molecule has 0 spiro atoms. The number of halogens is 2. The maximum absolute atomic E-state index is 13.6. The minimum absolute atomic E-state index is 0.224. The maximum Gasteiger partial charge on any atom is 0.170 e. The second-order valence-corrected chi connectivity index (χ2v) is 9.08. The Balaban J connectivity index is 1.81. The third-order valence-electron chi connectivity index (χ3n) is 5.65. The van der Waals surface area contributed by atoms with Crippen molar-refractivity contribution in [2.45, 2.75) is 41.6 Å². The molecule has 0 N–H and O–H groups in total. The van der Waals surface area contributed by atoms with Crippen LogP contribution in [0.1, 0.15) is 53.2 Å². The van der Waals surface area contributed by atoms with E-state index in [1.807, 2.05) is 0 Å². The number of carbonyl (C=O) groups is 1. The SMILES string of the molecule is CCCC1(C(=O)c2ccc(CI)c(CI)c2)CCN(Cc2ccccc2)C1. The highest BCUT2D eigenvalue weighted by Crippen LogP contribution is 2.39. The number of carbonyl (C=O) groups excluding carboxylic acids is 1. The Morgan fingerprint density at radius 3 is 2.48 bits per heavy atom. The number of hydrogen-bond donors (Lipinski definition) is 0. The average Bonchev–Trinajstić information content (AvgIpc) is 3.11. The third kappa shape index (κ3) is 4.93. The van der Waals surface area contributed by atoms with Gasteiger partial charge >= 0.3 is 0 Å². The molecule has 0 radical (unpaired) electrons. The Kier molecular flexibility index (Phi) is 7.74. The zero-order valence-electron chi connectivity index (χ0n) is 15.9. The van der Waals surface area contributed by atoms with Gasteiger partial charge in [0.15, 0.2) is 5.78 Å². The van der Waals surface area contributed by atoms with Gasteiger partial charge in [-0.3, -0.25) is 9.69 Å². The fourth-order valence-electron chi connectivity index (χ4n) is 4.24. The summed E-state index contributed by atoms with van der Waals surface area (Å²) < 4.78 is 1.95. The fraction of sp³-hybridized carbons (Fsp3) is 0.435. The quantitative estimate of drug-likeness (QED) is 0.202. The van der Waals surface area contributed by atoms with Gasteiger partial charge in [-0.1, -0.05) is 101 Å². The molecule has 3 rings (SSSR count). The van der Waals surface area contributed by atoms with Crippen molar-refractivity contribution in [3.63, 3.8) is 0 Å². The molecule has 4 heteroatoms. The van der Waals surface area contributed by atoms with Crippen molar-refractivity contribution in [3.05, 3.63) is 70.8 Å². The number of hydrogen-bond acceptors (Lipinski definition) is 2. The van der Waals surface area contributed by atoms with E-state index in [1.54, 1.807) is 0 Å². The number of rotatable bonds is 8. The van der Waals surface area contributed by atoms with Crippen molar-refractivity contribution in [1.82, 2.24) is 4.90 Å². The van der Waals surface area contributed by atoms with Crippen LogP contribution in [0.3, 0.4) is 0 Å². The number of likely N-dealkylation sites (tertiary alicyclic amines) is 1. The standard InChI is InChI=1S/C23H27I2NO/c1-2-10-23(11-12-26(17-23)16-18-6-4-3-5-7-18)22(27)19-8-9-20(14-24)21(13-19)15-25/h3-9,13H,2,10-12,14-17H2,1H3. The predicted octanol–water partition coefficient (Wildman–Crippen LogP) is 6.43. The van der Waals surface area contributed by atoms with E-state index in [4.69, 9.17) is 0 Å². The molecule has 1 unspecified atom stereocenters. The molecule has 0 saturated carbocycles. The first kappa shape index (κ1) is 21.2. The van der Waals surface area contributed by atoms with E-state index in [-0.39, 0.29) is 5.41 Å². The molecule has 0 aliphatic carbocycles. The zero-order valence-corrected chi connectivity index (χ0v) is 20.2. The molecule has 0 amide bonds. The molecule has 0 bridgehead atoms. The Morgan fingerprint density at radius 1 is 1.07 bits per heavy atom. The van der Waals surface area contributed by atoms with E-state index >= 15 is 0 Å². The Bertz CT molecular complexity index is 777. The average molecular weight is 587 g/mol. The first-order valence-electron chi connectivity index (χ1n) is 9.66. The van der Waals surface area contributed by atoms with Crippen molar-refractivity contribution in [1.29, 1.82) is 0 Å². The van der Waals surface area contributed by atoms with E-state index in [1.165, 1.54) is 16.7 Å². The van der Waals surface area contributed by atoms with Crippen LogP contribution in [0.2, 0.25) is 0 Å². The summed E-state index contributed by atoms with van der Waals surface area (Å²) in [5, 5.41) is 0. The number of benzene rings is 2. The molecule has 1 fully saturated rings. The molecule has 1 aliphatic rings. The Hall–Kier alpha value is -0.470. The molecule has 27 heavy (non-hydrogen) atoms. The topological polar surface area (TPSA) is 20.3 Å². The van der Waals surface area contributed by atoms with Crippen LogP contribution in [0.5, 0.6) is 0 Å². The largest absolute Gasteiger partial charge is 0.298 e. The van der Waals surface area contributed by atoms with Gasteiger partial charge in [-0.2, -0.15) is 0 Å². The van der Waals surface area contributed by atoms with Crippen molar-refractivity contribution < 1.29 is 4.79 Å². The number of alkyl halides is 2. The summed E-state index contributed by atoms with van der Waals surface area (Å²) in [7, 11) is 0. The summed E-state index contributed by atoms with van der Waals surface area (Å²) in [4.78, 5) is 16.1. The summed E-state index contributed by atoms with van der Waals surface area (Å²) in [5.41, 5.74) is 4.67. The first-order chi connectivity index (χ1) is 13.1. The van der Waals surface area contributed by atoms with Gasteiger partial charge in [0.05, 0.1) is 0 Å². The summed E-state index contributed by atoms with van der Waals surface area (Å²) >= 11 is 4.81. The number of ketones is 1. The van der Waals surface area contributed by atoms with Crippen molar-refractivity contribution in [2.75, 3.05) is 13.1 Å². The van der Waals surface area contributed by atoms with Crippen LogP contribution in [0.4, 0.5) is 0 Å². The van der Waals surface area contributed by atoms with E-state index in [9.17, 15) is 4.79 Å². The lowest BCUT2D eigenvalue weighted by atomic mass is 9.75. The second kappa shape index (κ2) is 9.83. The van der Waals surface area contributed by atoms with E-state index in [0.29, 0.717) is 5.78 Å². The van der Waals surface area contributed by atoms with Crippen LogP contribution < -0.4 is 0 Å². The highest BCUT2D eigenvalue weighted by Gasteiger charge is 2.43. The summed E-state index contributed by atoms with van der Waals surface area (Å²) in [6.07, 6.45) is 3.00. The van der Waals surface area contributed by atoms with Gasteiger partial charge < -0.3 is 0 Å². The monoisotopic (exact) mass is 587 g/mol. The maximum atomic E-state index is 13.6. The molecule has 144 valence electrons. The van der Waals surface area contributed by atoms with Gasteiger partial charge in [-0.15, -0.1) is 0 Å². The molecule has 1 atom stereocenters. The van der Waals surface area contributed by atoms with Crippen LogP contribution in [-0.2, 0) is 15.4 Å². The van der Waals surface area contributed by atoms with Crippen LogP contribution in [-0.4, -0.2) is 23.8 Å². The molecular formula is C23H27I2NO. The second-order valence-electron chi connectivity index (χ2n) is 7.56. The van der Waals surface area contributed by atoms with Gasteiger partial charge in [-0.05, 0) is 42.1 Å². The predicted molar refractivity (Wildman–Crippen MR) is 130 cm³/mol. The van der Waals surface area contributed by atoms with E-state index < -0.39 is 0 Å². The minimum atomic E-state index is -0.224. The molecule has 2 aromatic carbocycles. The fourth-order valence-corrected chi connectivity index (χ4v) is 5.70. The minimum Gasteiger partial charge on any atom is -0.298 e. The Morgan fingerprint density at radius 2 is 1.81 bits per heavy atom. The van der Waals surface area contributed by atoms with Crippen LogP contribution >= 0.6 is 45.2 Å². The normalized spacial score (nSPS) is 20.1. The van der Waals surface area contributed by atoms with Gasteiger partial charge in [0.25, 0.3) is 0 Å². The third-order valence-corrected chi connectivity index (χ3v) is 7.29. The van der Waals surface area contributed by atoms with Gasteiger partial charge in [0.2, 0.25) is 0 Å². The molecule has 1 aliphatic heterocycles.